The van der Waals surface area contributed by atoms with Crippen LogP contribution >= 0.6 is 11.6 Å². The molecule has 0 aromatic heterocycles. The normalized spacial score (nSPS) is 12.5. The van der Waals surface area contributed by atoms with Crippen LogP contribution in [-0.4, -0.2) is 19.8 Å². The summed E-state index contributed by atoms with van der Waals surface area (Å²) in [7, 11) is 1.64. The summed E-state index contributed by atoms with van der Waals surface area (Å²) in [6.07, 6.45) is 0.0450. The third kappa shape index (κ3) is 3.09. The molecule has 1 atom stereocenters. The van der Waals surface area contributed by atoms with Crippen molar-refractivity contribution in [1.82, 2.24) is 0 Å². The smallest absolute Gasteiger partial charge is 0.138 e. The minimum Gasteiger partial charge on any atom is -0.489 e. The number of halogens is 1. The van der Waals surface area contributed by atoms with Gasteiger partial charge in [0.1, 0.15) is 12.4 Å². The summed E-state index contributed by atoms with van der Waals surface area (Å²) >= 11 is 5.91. The van der Waals surface area contributed by atoms with Gasteiger partial charge in [-0.3, -0.25) is 0 Å². The van der Waals surface area contributed by atoms with E-state index in [0.29, 0.717) is 23.1 Å². The summed E-state index contributed by atoms with van der Waals surface area (Å²) in [6.45, 7) is 2.39. The Morgan fingerprint density at radius 1 is 1.50 bits per heavy atom. The third-order valence-corrected chi connectivity index (χ3v) is 2.13. The van der Waals surface area contributed by atoms with Crippen LogP contribution < -0.4 is 10.5 Å². The van der Waals surface area contributed by atoms with Crippen molar-refractivity contribution >= 4 is 17.3 Å². The second-order valence-corrected chi connectivity index (χ2v) is 3.45. The number of nitrogen functional groups attached to an aromatic ring is 1. The lowest BCUT2D eigenvalue weighted by Gasteiger charge is -2.12. The van der Waals surface area contributed by atoms with E-state index in [4.69, 9.17) is 26.8 Å². The van der Waals surface area contributed by atoms with Crippen molar-refractivity contribution in [2.75, 3.05) is 19.5 Å². The topological polar surface area (TPSA) is 44.5 Å². The molecule has 0 fully saturated rings. The highest BCUT2D eigenvalue weighted by atomic mass is 35.5. The Morgan fingerprint density at radius 3 is 2.79 bits per heavy atom. The maximum absolute atomic E-state index is 5.91. The van der Waals surface area contributed by atoms with E-state index in [1.807, 2.05) is 6.92 Å². The molecule has 0 aliphatic rings. The minimum atomic E-state index is 0.0450. The van der Waals surface area contributed by atoms with Crippen LogP contribution in [0.15, 0.2) is 18.2 Å². The first kappa shape index (κ1) is 11.1. The molecule has 2 N–H and O–H groups in total. The Labute approximate surface area is 88.8 Å². The van der Waals surface area contributed by atoms with Gasteiger partial charge in [0.2, 0.25) is 0 Å². The van der Waals surface area contributed by atoms with Crippen LogP contribution in [0.3, 0.4) is 0 Å². The number of nitrogens with two attached hydrogens (primary N) is 1. The molecular formula is C10H14ClNO2. The first-order valence-corrected chi connectivity index (χ1v) is 4.72. The standard InChI is InChI=1S/C10H14ClNO2/c1-7(13-2)6-14-10-4-3-8(12)5-9(10)11/h3-5,7H,6,12H2,1-2H3. The number of ether oxygens (including phenoxy) is 2. The van der Waals surface area contributed by atoms with Gasteiger partial charge in [0.05, 0.1) is 11.1 Å². The maximum atomic E-state index is 5.91. The Bertz CT molecular complexity index is 304. The molecule has 1 unspecified atom stereocenters. The van der Waals surface area contributed by atoms with E-state index in [1.165, 1.54) is 0 Å². The minimum absolute atomic E-state index is 0.0450. The van der Waals surface area contributed by atoms with Gasteiger partial charge in [-0.25, -0.2) is 0 Å². The molecule has 4 heteroatoms. The van der Waals surface area contributed by atoms with Crippen LogP contribution in [0.25, 0.3) is 0 Å². The highest BCUT2D eigenvalue weighted by Gasteiger charge is 2.04. The fraction of sp³-hybridized carbons (Fsp3) is 0.400. The lowest BCUT2D eigenvalue weighted by atomic mass is 10.3. The first-order valence-electron chi connectivity index (χ1n) is 4.34. The zero-order valence-corrected chi connectivity index (χ0v) is 9.04. The van der Waals surface area contributed by atoms with Gasteiger partial charge in [-0.15, -0.1) is 0 Å². The molecule has 14 heavy (non-hydrogen) atoms. The molecule has 3 nitrogen and oxygen atoms in total. The molecule has 0 spiro atoms. The quantitative estimate of drug-likeness (QED) is 0.785. The number of methoxy groups -OCH3 is 1. The predicted octanol–water partition coefficient (Wildman–Crippen LogP) is 2.34. The van der Waals surface area contributed by atoms with Crippen LogP contribution in [0.2, 0.25) is 5.02 Å². The van der Waals surface area contributed by atoms with E-state index in [1.54, 1.807) is 25.3 Å². The summed E-state index contributed by atoms with van der Waals surface area (Å²) in [5.41, 5.74) is 6.17. The van der Waals surface area contributed by atoms with Gasteiger partial charge in [-0.2, -0.15) is 0 Å². The second-order valence-electron chi connectivity index (χ2n) is 3.05. The molecule has 1 rings (SSSR count). The van der Waals surface area contributed by atoms with E-state index in [9.17, 15) is 0 Å². The molecule has 0 heterocycles. The second kappa shape index (κ2) is 5.08. The van der Waals surface area contributed by atoms with Crippen molar-refractivity contribution in [3.05, 3.63) is 23.2 Å². The highest BCUT2D eigenvalue weighted by molar-refractivity contribution is 6.32. The highest BCUT2D eigenvalue weighted by Crippen LogP contribution is 2.26. The van der Waals surface area contributed by atoms with Gasteiger partial charge in [-0.05, 0) is 25.1 Å². The molecular weight excluding hydrogens is 202 g/mol. The molecule has 1 aromatic rings. The fourth-order valence-corrected chi connectivity index (χ4v) is 1.15. The van der Waals surface area contributed by atoms with Crippen LogP contribution in [0.1, 0.15) is 6.92 Å². The maximum Gasteiger partial charge on any atom is 0.138 e. The largest absolute Gasteiger partial charge is 0.489 e. The molecule has 0 bridgehead atoms. The number of anilines is 1. The van der Waals surface area contributed by atoms with Gasteiger partial charge in [0, 0.05) is 12.8 Å². The van der Waals surface area contributed by atoms with Crippen molar-refractivity contribution in [3.63, 3.8) is 0 Å². The molecule has 78 valence electrons. The van der Waals surface area contributed by atoms with Crippen molar-refractivity contribution in [2.45, 2.75) is 13.0 Å². The predicted molar refractivity (Wildman–Crippen MR) is 57.8 cm³/mol. The number of rotatable bonds is 4. The summed E-state index contributed by atoms with van der Waals surface area (Å²) in [5, 5.41) is 0.522. The van der Waals surface area contributed by atoms with Crippen molar-refractivity contribution in [1.29, 1.82) is 0 Å². The zero-order chi connectivity index (χ0) is 10.6. The molecule has 0 radical (unpaired) electrons. The van der Waals surface area contributed by atoms with E-state index in [0.717, 1.165) is 0 Å². The monoisotopic (exact) mass is 215 g/mol. The van der Waals surface area contributed by atoms with Crippen LogP contribution in [0.5, 0.6) is 5.75 Å². The van der Waals surface area contributed by atoms with Crippen molar-refractivity contribution < 1.29 is 9.47 Å². The molecule has 0 saturated heterocycles. The van der Waals surface area contributed by atoms with Gasteiger partial charge in [0.25, 0.3) is 0 Å². The summed E-state index contributed by atoms with van der Waals surface area (Å²) in [6, 6.07) is 5.16. The van der Waals surface area contributed by atoms with Crippen LogP contribution in [0, 0.1) is 0 Å². The van der Waals surface area contributed by atoms with Gasteiger partial charge >= 0.3 is 0 Å². The van der Waals surface area contributed by atoms with E-state index in [-0.39, 0.29) is 6.10 Å². The molecule has 0 amide bonds. The van der Waals surface area contributed by atoms with E-state index >= 15 is 0 Å². The Balaban J connectivity index is 2.59. The van der Waals surface area contributed by atoms with E-state index < -0.39 is 0 Å². The van der Waals surface area contributed by atoms with Crippen LogP contribution in [-0.2, 0) is 4.74 Å². The number of hydrogen-bond donors (Lipinski definition) is 1. The lowest BCUT2D eigenvalue weighted by molar-refractivity contribution is 0.0717. The number of benzene rings is 1. The SMILES string of the molecule is COC(C)COc1ccc(N)cc1Cl. The molecule has 1 aromatic carbocycles. The summed E-state index contributed by atoms with van der Waals surface area (Å²) in [4.78, 5) is 0. The molecule has 0 saturated carbocycles. The van der Waals surface area contributed by atoms with E-state index in [2.05, 4.69) is 0 Å². The Hall–Kier alpha value is -0.930. The first-order chi connectivity index (χ1) is 6.63. The molecule has 0 aliphatic carbocycles. The summed E-state index contributed by atoms with van der Waals surface area (Å²) in [5.74, 6) is 0.629. The molecule has 0 aliphatic heterocycles. The van der Waals surface area contributed by atoms with Gasteiger partial charge in [0.15, 0.2) is 0 Å². The van der Waals surface area contributed by atoms with Gasteiger partial charge in [-0.1, -0.05) is 11.6 Å². The summed E-state index contributed by atoms with van der Waals surface area (Å²) < 4.78 is 10.5. The fourth-order valence-electron chi connectivity index (χ4n) is 0.909. The Kier molecular flexibility index (Phi) is 4.04. The lowest BCUT2D eigenvalue weighted by Crippen LogP contribution is -2.16. The average Bonchev–Trinajstić information content (AvgIpc) is 2.16. The third-order valence-electron chi connectivity index (χ3n) is 1.83. The number of hydrogen-bond acceptors (Lipinski definition) is 3. The van der Waals surface area contributed by atoms with Crippen molar-refractivity contribution in [3.8, 4) is 5.75 Å². The zero-order valence-electron chi connectivity index (χ0n) is 8.29. The van der Waals surface area contributed by atoms with Gasteiger partial charge < -0.3 is 15.2 Å². The average molecular weight is 216 g/mol. The Morgan fingerprint density at radius 2 is 2.21 bits per heavy atom. The van der Waals surface area contributed by atoms with Crippen molar-refractivity contribution in [2.24, 2.45) is 0 Å². The van der Waals surface area contributed by atoms with Crippen LogP contribution in [0.4, 0.5) is 5.69 Å².